The fraction of sp³-hybridized carbons (Fsp3) is 0.462. The monoisotopic (exact) mass is 329 g/mol. The van der Waals surface area contributed by atoms with E-state index in [1.807, 2.05) is 0 Å². The first-order chi connectivity index (χ1) is 10.9. The molecule has 2 aromatic rings. The lowest BCUT2D eigenvalue weighted by molar-refractivity contribution is -0.148. The Morgan fingerprint density at radius 3 is 2.87 bits per heavy atom. The molecule has 1 N–H and O–H groups in total. The molecular weight excluding hydrogens is 315 g/mol. The minimum absolute atomic E-state index is 0.0783. The minimum atomic E-state index is -4.52. The summed E-state index contributed by atoms with van der Waals surface area (Å²) in [6, 6.07) is 3.46. The van der Waals surface area contributed by atoms with Crippen molar-refractivity contribution in [3.63, 3.8) is 0 Å². The van der Waals surface area contributed by atoms with E-state index in [1.54, 1.807) is 17.0 Å². The highest BCUT2D eigenvalue weighted by Gasteiger charge is 2.39. The summed E-state index contributed by atoms with van der Waals surface area (Å²) in [5.74, 6) is -0.381. The number of nitrogens with one attached hydrogen (secondary N) is 1. The number of fused-ring (bicyclic) bond motifs is 1. The topological polar surface area (TPSA) is 76.2 Å². The molecule has 0 saturated carbocycles. The molecule has 124 valence electrons. The number of nitrogens with zero attached hydrogens (tertiary/aromatic N) is 4. The highest BCUT2D eigenvalue weighted by Crippen LogP contribution is 2.29. The summed E-state index contributed by atoms with van der Waals surface area (Å²) in [6.07, 6.45) is -3.01. The fourth-order valence-electron chi connectivity index (χ4n) is 2.41. The number of hydrogen-bond acceptors (Lipinski definition) is 5. The molecule has 0 fully saturated rings. The van der Waals surface area contributed by atoms with Gasteiger partial charge in [0.05, 0.1) is 25.9 Å². The summed E-state index contributed by atoms with van der Waals surface area (Å²) >= 11 is 0. The van der Waals surface area contributed by atoms with Crippen LogP contribution in [-0.4, -0.2) is 38.7 Å². The van der Waals surface area contributed by atoms with Crippen LogP contribution in [0.1, 0.15) is 17.4 Å². The summed E-state index contributed by atoms with van der Waals surface area (Å²) in [4.78, 5) is 13.6. The van der Waals surface area contributed by atoms with Gasteiger partial charge in [-0.05, 0) is 12.1 Å². The van der Waals surface area contributed by atoms with Crippen molar-refractivity contribution in [1.29, 1.82) is 0 Å². The lowest BCUT2D eigenvalue weighted by atomic mass is 10.3. The van der Waals surface area contributed by atoms with Crippen molar-refractivity contribution in [2.75, 3.05) is 13.1 Å². The normalized spacial score (nSPS) is 15.4. The standard InChI is InChI=1S/C13H14F3N5O2/c14-13(15,16)12-19-18-10-7-20(3-4-21(10)12)8-11(22)17-6-9-2-1-5-23-9/h1-2,5H,3-4,6-8H2,(H,17,22). The van der Waals surface area contributed by atoms with E-state index >= 15 is 0 Å². The highest BCUT2D eigenvalue weighted by atomic mass is 19.4. The molecule has 0 spiro atoms. The van der Waals surface area contributed by atoms with Crippen molar-refractivity contribution in [2.45, 2.75) is 25.8 Å². The molecule has 0 unspecified atom stereocenters. The molecule has 10 heteroatoms. The molecule has 23 heavy (non-hydrogen) atoms. The summed E-state index contributed by atoms with van der Waals surface area (Å²) < 4.78 is 44.4. The molecule has 3 rings (SSSR count). The van der Waals surface area contributed by atoms with E-state index in [0.717, 1.165) is 4.57 Å². The van der Waals surface area contributed by atoms with Crippen molar-refractivity contribution in [2.24, 2.45) is 0 Å². The Balaban J connectivity index is 1.55. The van der Waals surface area contributed by atoms with Gasteiger partial charge in [-0.3, -0.25) is 9.69 Å². The summed E-state index contributed by atoms with van der Waals surface area (Å²) in [5, 5.41) is 9.46. The number of amides is 1. The van der Waals surface area contributed by atoms with Gasteiger partial charge in [-0.25, -0.2) is 0 Å². The fourth-order valence-corrected chi connectivity index (χ4v) is 2.41. The number of halogens is 3. The molecule has 0 saturated heterocycles. The van der Waals surface area contributed by atoms with E-state index in [-0.39, 0.29) is 37.9 Å². The van der Waals surface area contributed by atoms with Crippen molar-refractivity contribution < 1.29 is 22.4 Å². The first kappa shape index (κ1) is 15.5. The van der Waals surface area contributed by atoms with Gasteiger partial charge in [0, 0.05) is 13.1 Å². The predicted octanol–water partition coefficient (Wildman–Crippen LogP) is 1.02. The zero-order valence-electron chi connectivity index (χ0n) is 12.0. The molecule has 1 amide bonds. The number of rotatable bonds is 4. The summed E-state index contributed by atoms with van der Waals surface area (Å²) in [6.45, 7) is 0.922. The smallest absolute Gasteiger partial charge is 0.451 e. The quantitative estimate of drug-likeness (QED) is 0.906. The van der Waals surface area contributed by atoms with E-state index < -0.39 is 12.0 Å². The number of hydrogen-bond donors (Lipinski definition) is 1. The lowest BCUT2D eigenvalue weighted by Crippen LogP contribution is -2.41. The van der Waals surface area contributed by atoms with E-state index in [2.05, 4.69) is 15.5 Å². The maximum atomic E-state index is 12.7. The molecule has 2 aromatic heterocycles. The van der Waals surface area contributed by atoms with E-state index in [4.69, 9.17) is 4.42 Å². The third-order valence-corrected chi connectivity index (χ3v) is 3.49. The molecule has 3 heterocycles. The Morgan fingerprint density at radius 1 is 1.35 bits per heavy atom. The number of carbonyl (C=O) groups is 1. The molecule has 1 aliphatic rings. The summed E-state index contributed by atoms with van der Waals surface area (Å²) in [7, 11) is 0. The van der Waals surface area contributed by atoms with Crippen LogP contribution in [0.15, 0.2) is 22.8 Å². The van der Waals surface area contributed by atoms with Gasteiger partial charge in [0.25, 0.3) is 0 Å². The van der Waals surface area contributed by atoms with Gasteiger partial charge in [0.15, 0.2) is 0 Å². The number of furan rings is 1. The molecule has 0 radical (unpaired) electrons. The third-order valence-electron chi connectivity index (χ3n) is 3.49. The number of aromatic nitrogens is 3. The first-order valence-corrected chi connectivity index (χ1v) is 6.94. The molecule has 1 aliphatic heterocycles. The minimum Gasteiger partial charge on any atom is -0.467 e. The SMILES string of the molecule is O=C(CN1CCn2c(nnc2C(F)(F)F)C1)NCc1ccco1. The molecule has 0 aliphatic carbocycles. The van der Waals surface area contributed by atoms with Gasteiger partial charge in [-0.15, -0.1) is 10.2 Å². The lowest BCUT2D eigenvalue weighted by Gasteiger charge is -2.27. The van der Waals surface area contributed by atoms with Crippen LogP contribution in [0, 0.1) is 0 Å². The average molecular weight is 329 g/mol. The van der Waals surface area contributed by atoms with Gasteiger partial charge in [-0.1, -0.05) is 0 Å². The van der Waals surface area contributed by atoms with E-state index in [1.165, 1.54) is 6.26 Å². The second-order valence-electron chi connectivity index (χ2n) is 5.16. The first-order valence-electron chi connectivity index (χ1n) is 6.94. The van der Waals surface area contributed by atoms with E-state index in [9.17, 15) is 18.0 Å². The largest absolute Gasteiger partial charge is 0.467 e. The zero-order chi connectivity index (χ0) is 16.4. The Bertz CT molecular complexity index is 680. The Morgan fingerprint density at radius 2 is 2.17 bits per heavy atom. The second kappa shape index (κ2) is 6.03. The highest BCUT2D eigenvalue weighted by molar-refractivity contribution is 5.77. The van der Waals surface area contributed by atoms with E-state index in [0.29, 0.717) is 12.3 Å². The van der Waals surface area contributed by atoms with Crippen molar-refractivity contribution >= 4 is 5.91 Å². The Hall–Kier alpha value is -2.36. The van der Waals surface area contributed by atoms with Crippen LogP contribution in [0.2, 0.25) is 0 Å². The molecule has 0 atom stereocenters. The van der Waals surface area contributed by atoms with Gasteiger partial charge in [0.2, 0.25) is 11.7 Å². The second-order valence-corrected chi connectivity index (χ2v) is 5.16. The number of alkyl halides is 3. The van der Waals surface area contributed by atoms with Gasteiger partial charge in [0.1, 0.15) is 11.6 Å². The zero-order valence-corrected chi connectivity index (χ0v) is 12.0. The van der Waals surface area contributed by atoms with Crippen LogP contribution < -0.4 is 5.32 Å². The predicted molar refractivity (Wildman–Crippen MR) is 70.9 cm³/mol. The third kappa shape index (κ3) is 3.52. The van der Waals surface area contributed by atoms with Crippen LogP contribution in [0.5, 0.6) is 0 Å². The summed E-state index contributed by atoms with van der Waals surface area (Å²) in [5.41, 5.74) is 0. The van der Waals surface area contributed by atoms with Crippen LogP contribution in [0.4, 0.5) is 13.2 Å². The van der Waals surface area contributed by atoms with Crippen LogP contribution >= 0.6 is 0 Å². The van der Waals surface area contributed by atoms with Crippen LogP contribution in [-0.2, 0) is 30.6 Å². The van der Waals surface area contributed by atoms with Crippen molar-refractivity contribution in [3.8, 4) is 0 Å². The molecule has 7 nitrogen and oxygen atoms in total. The molecular formula is C13H14F3N5O2. The maximum Gasteiger partial charge on any atom is 0.451 e. The van der Waals surface area contributed by atoms with Gasteiger partial charge < -0.3 is 14.3 Å². The molecule has 0 bridgehead atoms. The van der Waals surface area contributed by atoms with Crippen LogP contribution in [0.25, 0.3) is 0 Å². The maximum absolute atomic E-state index is 12.7. The van der Waals surface area contributed by atoms with Crippen molar-refractivity contribution in [1.82, 2.24) is 25.0 Å². The Labute approximate surface area is 129 Å². The van der Waals surface area contributed by atoms with Crippen LogP contribution in [0.3, 0.4) is 0 Å². The Kier molecular flexibility index (Phi) is 4.07. The van der Waals surface area contributed by atoms with Gasteiger partial charge >= 0.3 is 6.18 Å². The van der Waals surface area contributed by atoms with Crippen molar-refractivity contribution in [3.05, 3.63) is 35.8 Å². The van der Waals surface area contributed by atoms with Gasteiger partial charge in [-0.2, -0.15) is 13.2 Å². The number of carbonyl (C=O) groups excluding carboxylic acids is 1. The average Bonchev–Trinajstić information content (AvgIpc) is 3.13. The molecule has 0 aromatic carbocycles.